The van der Waals surface area contributed by atoms with Gasteiger partial charge in [-0.2, -0.15) is 0 Å². The quantitative estimate of drug-likeness (QED) is 0.268. The SMILES string of the molecule is CCOc1ccc(N(CC(=O)N(Cc2ccccc2Cl)[C@@H](C)C(=O)NC2CCCCC2)S(=O)(=O)c2ccc(F)cc2)cc1. The summed E-state index contributed by atoms with van der Waals surface area (Å²) >= 11 is 6.43. The van der Waals surface area contributed by atoms with E-state index in [4.69, 9.17) is 16.3 Å². The average molecular weight is 630 g/mol. The van der Waals surface area contributed by atoms with Gasteiger partial charge in [0.2, 0.25) is 11.8 Å². The fourth-order valence-corrected chi connectivity index (χ4v) is 6.71. The first-order valence-corrected chi connectivity index (χ1v) is 16.3. The van der Waals surface area contributed by atoms with E-state index in [9.17, 15) is 22.4 Å². The molecule has 0 radical (unpaired) electrons. The molecule has 2 amide bonds. The molecule has 1 saturated carbocycles. The van der Waals surface area contributed by atoms with Crippen LogP contribution in [0.15, 0.2) is 77.7 Å². The van der Waals surface area contributed by atoms with Gasteiger partial charge in [-0.1, -0.05) is 49.1 Å². The molecule has 4 rings (SSSR count). The van der Waals surface area contributed by atoms with Crippen LogP contribution >= 0.6 is 11.6 Å². The van der Waals surface area contributed by atoms with Gasteiger partial charge in [-0.05, 0) is 86.8 Å². The molecule has 11 heteroatoms. The van der Waals surface area contributed by atoms with Gasteiger partial charge in [0.15, 0.2) is 0 Å². The smallest absolute Gasteiger partial charge is 0.264 e. The third kappa shape index (κ3) is 8.26. The highest BCUT2D eigenvalue weighted by atomic mass is 35.5. The molecule has 1 aliphatic carbocycles. The predicted molar refractivity (Wildman–Crippen MR) is 165 cm³/mol. The fraction of sp³-hybridized carbons (Fsp3) is 0.375. The Bertz CT molecular complexity index is 1500. The minimum Gasteiger partial charge on any atom is -0.494 e. The van der Waals surface area contributed by atoms with Crippen LogP contribution in [0.5, 0.6) is 5.75 Å². The van der Waals surface area contributed by atoms with Crippen molar-refractivity contribution in [2.75, 3.05) is 17.5 Å². The van der Waals surface area contributed by atoms with Gasteiger partial charge < -0.3 is 15.0 Å². The first-order chi connectivity index (χ1) is 20.6. The lowest BCUT2D eigenvalue weighted by Gasteiger charge is -2.33. The van der Waals surface area contributed by atoms with E-state index in [1.165, 1.54) is 17.0 Å². The summed E-state index contributed by atoms with van der Waals surface area (Å²) in [7, 11) is -4.32. The summed E-state index contributed by atoms with van der Waals surface area (Å²) in [5, 5.41) is 3.49. The van der Waals surface area contributed by atoms with Gasteiger partial charge >= 0.3 is 0 Å². The van der Waals surface area contributed by atoms with Crippen molar-refractivity contribution in [3.8, 4) is 5.75 Å². The minimum absolute atomic E-state index is 0.00846. The van der Waals surface area contributed by atoms with E-state index in [2.05, 4.69) is 5.32 Å². The number of nitrogens with one attached hydrogen (secondary N) is 1. The monoisotopic (exact) mass is 629 g/mol. The number of nitrogens with zero attached hydrogens (tertiary/aromatic N) is 2. The highest BCUT2D eigenvalue weighted by Gasteiger charge is 2.33. The number of hydrogen-bond acceptors (Lipinski definition) is 5. The predicted octanol–water partition coefficient (Wildman–Crippen LogP) is 5.94. The molecular formula is C32H37ClFN3O5S. The number of halogens is 2. The number of carbonyl (C=O) groups is 2. The Kier molecular flexibility index (Phi) is 11.0. The van der Waals surface area contributed by atoms with E-state index in [1.54, 1.807) is 43.3 Å². The molecule has 0 saturated heterocycles. The summed E-state index contributed by atoms with van der Waals surface area (Å²) in [6, 6.07) is 16.8. The van der Waals surface area contributed by atoms with Crippen molar-refractivity contribution < 1.29 is 27.1 Å². The second-order valence-corrected chi connectivity index (χ2v) is 12.8. The Balaban J connectivity index is 1.68. The van der Waals surface area contributed by atoms with Crippen LogP contribution in [-0.4, -0.2) is 50.4 Å². The number of ether oxygens (including phenoxy) is 1. The normalized spacial score (nSPS) is 14.5. The van der Waals surface area contributed by atoms with Crippen molar-refractivity contribution in [3.63, 3.8) is 0 Å². The molecular weight excluding hydrogens is 593 g/mol. The third-order valence-electron chi connectivity index (χ3n) is 7.53. The van der Waals surface area contributed by atoms with Crippen molar-refractivity contribution in [2.45, 2.75) is 69.5 Å². The summed E-state index contributed by atoms with van der Waals surface area (Å²) in [5.41, 5.74) is 0.821. The number of benzene rings is 3. The van der Waals surface area contributed by atoms with Gasteiger partial charge in [-0.3, -0.25) is 13.9 Å². The minimum atomic E-state index is -4.32. The zero-order chi connectivity index (χ0) is 31.0. The maximum Gasteiger partial charge on any atom is 0.264 e. The number of sulfonamides is 1. The third-order valence-corrected chi connectivity index (χ3v) is 9.69. The molecule has 43 heavy (non-hydrogen) atoms. The molecule has 0 unspecified atom stereocenters. The van der Waals surface area contributed by atoms with Crippen molar-refractivity contribution in [3.05, 3.63) is 89.2 Å². The summed E-state index contributed by atoms with van der Waals surface area (Å²) in [5.74, 6) is -0.983. The number of carbonyl (C=O) groups excluding carboxylic acids is 2. The van der Waals surface area contributed by atoms with Crippen LogP contribution in [0.3, 0.4) is 0 Å². The molecule has 3 aromatic carbocycles. The largest absolute Gasteiger partial charge is 0.494 e. The van der Waals surface area contributed by atoms with Gasteiger partial charge in [0.25, 0.3) is 10.0 Å². The van der Waals surface area contributed by atoms with Crippen LogP contribution in [0.2, 0.25) is 5.02 Å². The Labute approximate surface area is 257 Å². The number of anilines is 1. The Morgan fingerprint density at radius 2 is 1.65 bits per heavy atom. The molecule has 230 valence electrons. The Morgan fingerprint density at radius 3 is 2.28 bits per heavy atom. The topological polar surface area (TPSA) is 96.0 Å². The van der Waals surface area contributed by atoms with E-state index >= 15 is 0 Å². The lowest BCUT2D eigenvalue weighted by molar-refractivity contribution is -0.139. The zero-order valence-electron chi connectivity index (χ0n) is 24.3. The van der Waals surface area contributed by atoms with E-state index in [0.29, 0.717) is 22.9 Å². The lowest BCUT2D eigenvalue weighted by atomic mass is 9.95. The van der Waals surface area contributed by atoms with E-state index in [1.807, 2.05) is 6.92 Å². The highest BCUT2D eigenvalue weighted by molar-refractivity contribution is 7.92. The molecule has 1 aliphatic rings. The average Bonchev–Trinajstić information content (AvgIpc) is 3.00. The maximum atomic E-state index is 14.1. The zero-order valence-corrected chi connectivity index (χ0v) is 25.9. The summed E-state index contributed by atoms with van der Waals surface area (Å²) < 4.78 is 47.9. The van der Waals surface area contributed by atoms with Crippen LogP contribution in [0.4, 0.5) is 10.1 Å². The van der Waals surface area contributed by atoms with Crippen molar-refractivity contribution >= 4 is 39.1 Å². The number of rotatable bonds is 12. The molecule has 0 spiro atoms. The van der Waals surface area contributed by atoms with Crippen molar-refractivity contribution in [2.24, 2.45) is 0 Å². The molecule has 1 fully saturated rings. The van der Waals surface area contributed by atoms with Gasteiger partial charge in [-0.15, -0.1) is 0 Å². The van der Waals surface area contributed by atoms with Crippen LogP contribution in [-0.2, 0) is 26.2 Å². The van der Waals surface area contributed by atoms with E-state index in [-0.39, 0.29) is 29.1 Å². The molecule has 0 bridgehead atoms. The Morgan fingerprint density at radius 1 is 1.00 bits per heavy atom. The van der Waals surface area contributed by atoms with Crippen LogP contribution < -0.4 is 14.4 Å². The van der Waals surface area contributed by atoms with E-state index < -0.39 is 34.3 Å². The van der Waals surface area contributed by atoms with Crippen LogP contribution in [0.25, 0.3) is 0 Å². The fourth-order valence-electron chi connectivity index (χ4n) is 5.10. The van der Waals surface area contributed by atoms with Gasteiger partial charge in [-0.25, -0.2) is 12.8 Å². The molecule has 1 N–H and O–H groups in total. The summed E-state index contributed by atoms with van der Waals surface area (Å²) in [6.07, 6.45) is 4.93. The Hall–Kier alpha value is -3.63. The standard InChI is InChI=1S/C32H37ClFN3O5S/c1-3-42-28-17-15-27(16-18-28)37(43(40,41)29-19-13-25(34)14-20-29)22-31(38)36(21-24-9-7-8-12-30(24)33)23(2)32(39)35-26-10-5-4-6-11-26/h7-9,12-20,23,26H,3-6,10-11,21-22H2,1-2H3,(H,35,39)/t23-/m0/s1. The van der Waals surface area contributed by atoms with Crippen molar-refractivity contribution in [1.29, 1.82) is 0 Å². The molecule has 3 aromatic rings. The highest BCUT2D eigenvalue weighted by Crippen LogP contribution is 2.27. The van der Waals surface area contributed by atoms with Gasteiger partial charge in [0.1, 0.15) is 24.2 Å². The summed E-state index contributed by atoms with van der Waals surface area (Å²) in [4.78, 5) is 28.7. The lowest BCUT2D eigenvalue weighted by Crippen LogP contribution is -2.53. The van der Waals surface area contributed by atoms with Crippen molar-refractivity contribution in [1.82, 2.24) is 10.2 Å². The van der Waals surface area contributed by atoms with E-state index in [0.717, 1.165) is 60.7 Å². The number of amides is 2. The molecule has 0 aromatic heterocycles. The molecule has 0 heterocycles. The molecule has 0 aliphatic heterocycles. The first kappa shape index (κ1) is 32.3. The first-order valence-electron chi connectivity index (χ1n) is 14.4. The van der Waals surface area contributed by atoms with Gasteiger partial charge in [0, 0.05) is 17.6 Å². The molecule has 1 atom stereocenters. The van der Waals surface area contributed by atoms with Gasteiger partial charge in [0.05, 0.1) is 17.2 Å². The maximum absolute atomic E-state index is 14.1. The molecule has 8 nitrogen and oxygen atoms in total. The number of hydrogen-bond donors (Lipinski definition) is 1. The summed E-state index contributed by atoms with van der Waals surface area (Å²) in [6.45, 7) is 3.26. The second kappa shape index (κ2) is 14.7. The second-order valence-electron chi connectivity index (χ2n) is 10.5. The van der Waals surface area contributed by atoms with Crippen LogP contribution in [0.1, 0.15) is 51.5 Å². The van der Waals surface area contributed by atoms with Crippen LogP contribution in [0, 0.1) is 5.82 Å².